The van der Waals surface area contributed by atoms with Crippen LogP contribution in [0.3, 0.4) is 0 Å². The molecular formula is C22H28N6OS. The Bertz CT molecular complexity index is 874. The lowest BCUT2D eigenvalue weighted by Gasteiger charge is -2.33. The third-order valence-corrected chi connectivity index (χ3v) is 6.23. The summed E-state index contributed by atoms with van der Waals surface area (Å²) in [4.78, 5) is 12.9. The van der Waals surface area contributed by atoms with Crippen LogP contribution in [0.1, 0.15) is 30.3 Å². The van der Waals surface area contributed by atoms with Gasteiger partial charge in [-0.1, -0.05) is 18.2 Å². The van der Waals surface area contributed by atoms with Crippen molar-refractivity contribution in [2.45, 2.75) is 30.1 Å². The number of guanidine groups is 1. The number of benzene rings is 1. The van der Waals surface area contributed by atoms with Crippen molar-refractivity contribution < 1.29 is 4.42 Å². The Balaban J connectivity index is 1.30. The van der Waals surface area contributed by atoms with Gasteiger partial charge in [-0.2, -0.15) is 5.10 Å². The van der Waals surface area contributed by atoms with Crippen molar-refractivity contribution in [3.63, 3.8) is 0 Å². The van der Waals surface area contributed by atoms with Crippen LogP contribution in [0.4, 0.5) is 0 Å². The van der Waals surface area contributed by atoms with E-state index in [1.165, 1.54) is 4.90 Å². The number of piperidine rings is 1. The number of aliphatic imine (C=N–C) groups is 1. The number of rotatable bonds is 8. The van der Waals surface area contributed by atoms with Crippen LogP contribution in [0.2, 0.25) is 0 Å². The molecule has 1 saturated heterocycles. The molecule has 0 saturated carbocycles. The first kappa shape index (κ1) is 20.5. The minimum absolute atomic E-state index is 0.446. The summed E-state index contributed by atoms with van der Waals surface area (Å²) in [5.74, 6) is 4.41. The highest BCUT2D eigenvalue weighted by Gasteiger charge is 2.24. The second kappa shape index (κ2) is 10.9. The predicted molar refractivity (Wildman–Crippen MR) is 120 cm³/mol. The summed E-state index contributed by atoms with van der Waals surface area (Å²) in [7, 11) is 0. The zero-order valence-corrected chi connectivity index (χ0v) is 17.9. The van der Waals surface area contributed by atoms with Crippen molar-refractivity contribution in [3.05, 3.63) is 66.6 Å². The molecule has 3 aromatic rings. The molecule has 30 heavy (non-hydrogen) atoms. The van der Waals surface area contributed by atoms with Crippen LogP contribution in [0.15, 0.2) is 69.4 Å². The monoisotopic (exact) mass is 424 g/mol. The van der Waals surface area contributed by atoms with Gasteiger partial charge in [-0.25, -0.2) is 4.98 Å². The fraction of sp³-hybridized carbons (Fsp3) is 0.409. The van der Waals surface area contributed by atoms with Crippen LogP contribution in [0.25, 0.3) is 0 Å². The SMILES string of the molecule is c1ccc(SCCNC(=NCCc2ccco2)N2CCC(c3ncn[nH]3)CC2)cc1. The number of thioether (sulfide) groups is 1. The smallest absolute Gasteiger partial charge is 0.193 e. The number of furan rings is 1. The van der Waals surface area contributed by atoms with E-state index in [2.05, 4.69) is 55.7 Å². The summed E-state index contributed by atoms with van der Waals surface area (Å²) in [5, 5.41) is 10.6. The number of nitrogens with one attached hydrogen (secondary N) is 2. The molecule has 2 N–H and O–H groups in total. The number of hydrogen-bond acceptors (Lipinski definition) is 5. The molecule has 7 nitrogen and oxygen atoms in total. The molecule has 1 aromatic carbocycles. The van der Waals surface area contributed by atoms with Gasteiger partial charge in [-0.05, 0) is 37.1 Å². The Labute approximate surface area is 181 Å². The molecular weight excluding hydrogens is 396 g/mol. The molecule has 1 aliphatic heterocycles. The fourth-order valence-electron chi connectivity index (χ4n) is 3.62. The molecule has 3 heterocycles. The lowest BCUT2D eigenvalue weighted by atomic mass is 9.96. The van der Waals surface area contributed by atoms with E-state index in [4.69, 9.17) is 9.41 Å². The molecule has 0 spiro atoms. The van der Waals surface area contributed by atoms with Gasteiger partial charge >= 0.3 is 0 Å². The Morgan fingerprint density at radius 3 is 2.80 bits per heavy atom. The third-order valence-electron chi connectivity index (χ3n) is 5.21. The first-order valence-electron chi connectivity index (χ1n) is 10.5. The predicted octanol–water partition coefficient (Wildman–Crippen LogP) is 3.56. The summed E-state index contributed by atoms with van der Waals surface area (Å²) >= 11 is 1.86. The number of H-pyrrole nitrogens is 1. The quantitative estimate of drug-likeness (QED) is 0.249. The first-order chi connectivity index (χ1) is 14.9. The first-order valence-corrected chi connectivity index (χ1v) is 11.5. The molecule has 0 unspecified atom stereocenters. The van der Waals surface area contributed by atoms with Gasteiger partial charge in [0.05, 0.1) is 6.26 Å². The number of aromatic amines is 1. The van der Waals surface area contributed by atoms with E-state index in [0.717, 1.165) is 62.2 Å². The maximum atomic E-state index is 5.44. The van der Waals surface area contributed by atoms with E-state index in [1.54, 1.807) is 12.6 Å². The highest BCUT2D eigenvalue weighted by Crippen LogP contribution is 2.25. The number of hydrogen-bond donors (Lipinski definition) is 2. The van der Waals surface area contributed by atoms with E-state index in [0.29, 0.717) is 12.5 Å². The van der Waals surface area contributed by atoms with Crippen LogP contribution in [0.5, 0.6) is 0 Å². The van der Waals surface area contributed by atoms with Crippen LogP contribution in [0, 0.1) is 0 Å². The molecule has 2 aromatic heterocycles. The summed E-state index contributed by atoms with van der Waals surface area (Å²) < 4.78 is 5.44. The fourth-order valence-corrected chi connectivity index (χ4v) is 4.41. The van der Waals surface area contributed by atoms with E-state index < -0.39 is 0 Å². The summed E-state index contributed by atoms with van der Waals surface area (Å²) in [5.41, 5.74) is 0. The Morgan fingerprint density at radius 2 is 2.07 bits per heavy atom. The van der Waals surface area contributed by atoms with Crippen LogP contribution >= 0.6 is 11.8 Å². The van der Waals surface area contributed by atoms with E-state index in [1.807, 2.05) is 23.9 Å². The van der Waals surface area contributed by atoms with Crippen molar-refractivity contribution in [2.75, 3.05) is 31.9 Å². The van der Waals surface area contributed by atoms with Crippen molar-refractivity contribution in [1.82, 2.24) is 25.4 Å². The molecule has 1 fully saturated rings. The van der Waals surface area contributed by atoms with Gasteiger partial charge in [-0.3, -0.25) is 10.1 Å². The highest BCUT2D eigenvalue weighted by molar-refractivity contribution is 7.99. The topological polar surface area (TPSA) is 82.3 Å². The van der Waals surface area contributed by atoms with Crippen LogP contribution in [-0.4, -0.2) is 58.0 Å². The highest BCUT2D eigenvalue weighted by atomic mass is 32.2. The van der Waals surface area contributed by atoms with Crippen molar-refractivity contribution in [1.29, 1.82) is 0 Å². The van der Waals surface area contributed by atoms with E-state index in [-0.39, 0.29) is 0 Å². The van der Waals surface area contributed by atoms with Crippen molar-refractivity contribution >= 4 is 17.7 Å². The van der Waals surface area contributed by atoms with E-state index in [9.17, 15) is 0 Å². The number of nitrogens with zero attached hydrogens (tertiary/aromatic N) is 4. The second-order valence-corrected chi connectivity index (χ2v) is 8.42. The summed E-state index contributed by atoms with van der Waals surface area (Å²) in [6.07, 6.45) is 6.22. The third kappa shape index (κ3) is 5.89. The average molecular weight is 425 g/mol. The molecule has 158 valence electrons. The number of aromatic nitrogens is 3. The lowest BCUT2D eigenvalue weighted by molar-refractivity contribution is 0.299. The second-order valence-electron chi connectivity index (χ2n) is 7.26. The zero-order valence-electron chi connectivity index (χ0n) is 17.0. The van der Waals surface area contributed by atoms with Gasteiger partial charge in [0.25, 0.3) is 0 Å². The van der Waals surface area contributed by atoms with Crippen LogP contribution < -0.4 is 5.32 Å². The minimum atomic E-state index is 0.446. The van der Waals surface area contributed by atoms with Crippen LogP contribution in [-0.2, 0) is 6.42 Å². The van der Waals surface area contributed by atoms with Gasteiger partial charge in [-0.15, -0.1) is 11.8 Å². The summed E-state index contributed by atoms with van der Waals surface area (Å²) in [6, 6.07) is 14.4. The van der Waals surface area contributed by atoms with Gasteiger partial charge in [0.15, 0.2) is 5.96 Å². The van der Waals surface area contributed by atoms with Crippen molar-refractivity contribution in [2.24, 2.45) is 4.99 Å². The Kier molecular flexibility index (Phi) is 7.44. The van der Waals surface area contributed by atoms with Gasteiger partial charge in [0.2, 0.25) is 0 Å². The molecule has 0 amide bonds. The van der Waals surface area contributed by atoms with Crippen molar-refractivity contribution in [3.8, 4) is 0 Å². The molecule has 0 atom stereocenters. The molecule has 0 radical (unpaired) electrons. The lowest BCUT2D eigenvalue weighted by Crippen LogP contribution is -2.46. The Hall–Kier alpha value is -2.74. The summed E-state index contributed by atoms with van der Waals surface area (Å²) in [6.45, 7) is 3.51. The van der Waals surface area contributed by atoms with E-state index >= 15 is 0 Å². The minimum Gasteiger partial charge on any atom is -0.469 e. The normalized spacial score (nSPS) is 15.5. The standard InChI is InChI=1S/C22H28N6OS/c1-2-6-20(7-3-1)30-16-12-24-22(23-11-8-19-5-4-15-29-19)28-13-9-18(10-14-28)21-25-17-26-27-21/h1-7,15,17-18H,8-14,16H2,(H,23,24)(H,25,26,27). The van der Waals surface area contributed by atoms with Gasteiger partial charge < -0.3 is 14.6 Å². The molecule has 0 aliphatic carbocycles. The van der Waals surface area contributed by atoms with Gasteiger partial charge in [0, 0.05) is 49.2 Å². The number of likely N-dealkylation sites (tertiary alicyclic amines) is 1. The maximum absolute atomic E-state index is 5.44. The Morgan fingerprint density at radius 1 is 1.20 bits per heavy atom. The molecule has 0 bridgehead atoms. The molecule has 8 heteroatoms. The zero-order chi connectivity index (χ0) is 20.4. The largest absolute Gasteiger partial charge is 0.469 e. The maximum Gasteiger partial charge on any atom is 0.193 e. The average Bonchev–Trinajstić information content (AvgIpc) is 3.51. The van der Waals surface area contributed by atoms with Gasteiger partial charge in [0.1, 0.15) is 17.9 Å². The molecule has 1 aliphatic rings. The molecule has 4 rings (SSSR count).